The van der Waals surface area contributed by atoms with Gasteiger partial charge in [-0.05, 0) is 44.4 Å². The summed E-state index contributed by atoms with van der Waals surface area (Å²) >= 11 is 1.97. The van der Waals surface area contributed by atoms with Gasteiger partial charge < -0.3 is 10.3 Å². The molecule has 2 fully saturated rings. The van der Waals surface area contributed by atoms with Gasteiger partial charge >= 0.3 is 0 Å². The molecule has 2 N–H and O–H groups in total. The van der Waals surface area contributed by atoms with Gasteiger partial charge in [0.15, 0.2) is 5.82 Å². The highest BCUT2D eigenvalue weighted by molar-refractivity contribution is 7.99. The maximum atomic E-state index is 6.47. The molecule has 0 aliphatic heterocycles. The van der Waals surface area contributed by atoms with Gasteiger partial charge in [0, 0.05) is 5.25 Å². The number of thioether (sulfide) groups is 1. The molecule has 112 valence electrons. The fraction of sp³-hybridized carbons (Fsp3) is 0.867. The van der Waals surface area contributed by atoms with Crippen molar-refractivity contribution in [3.63, 3.8) is 0 Å². The van der Waals surface area contributed by atoms with Crippen LogP contribution in [0.2, 0.25) is 0 Å². The maximum Gasteiger partial charge on any atom is 0.246 e. The molecule has 5 heteroatoms. The molecule has 1 heterocycles. The first-order chi connectivity index (χ1) is 9.66. The van der Waals surface area contributed by atoms with Gasteiger partial charge in [0.25, 0.3) is 0 Å². The van der Waals surface area contributed by atoms with Crippen molar-refractivity contribution in [2.75, 3.05) is 0 Å². The number of rotatable bonds is 4. The molecule has 20 heavy (non-hydrogen) atoms. The molecular formula is C15H25N3OS. The van der Waals surface area contributed by atoms with Gasteiger partial charge in [0.1, 0.15) is 0 Å². The van der Waals surface area contributed by atoms with Gasteiger partial charge in [-0.1, -0.05) is 24.9 Å². The van der Waals surface area contributed by atoms with Crippen LogP contribution < -0.4 is 5.73 Å². The summed E-state index contributed by atoms with van der Waals surface area (Å²) in [5, 5.41) is 4.92. The Morgan fingerprint density at radius 3 is 2.65 bits per heavy atom. The highest BCUT2D eigenvalue weighted by Gasteiger charge is 2.37. The minimum absolute atomic E-state index is 0.379. The van der Waals surface area contributed by atoms with Crippen molar-refractivity contribution in [1.29, 1.82) is 0 Å². The predicted octanol–water partition coefficient (Wildman–Crippen LogP) is 3.61. The first kappa shape index (κ1) is 14.4. The molecule has 2 aliphatic carbocycles. The molecule has 0 saturated heterocycles. The Kier molecular flexibility index (Phi) is 4.36. The molecule has 0 radical (unpaired) electrons. The SMILES string of the molecule is CC1CCC(N)(c2nc(CSC3CCCC3)no2)CC1. The van der Waals surface area contributed by atoms with Crippen LogP contribution in [0.3, 0.4) is 0 Å². The molecule has 4 nitrogen and oxygen atoms in total. The zero-order valence-electron chi connectivity index (χ0n) is 12.3. The molecule has 0 bridgehead atoms. The summed E-state index contributed by atoms with van der Waals surface area (Å²) in [4.78, 5) is 4.57. The van der Waals surface area contributed by atoms with Gasteiger partial charge in [-0.2, -0.15) is 16.7 Å². The van der Waals surface area contributed by atoms with E-state index in [1.165, 1.54) is 25.7 Å². The Bertz CT molecular complexity index is 434. The highest BCUT2D eigenvalue weighted by atomic mass is 32.2. The van der Waals surface area contributed by atoms with Crippen molar-refractivity contribution >= 4 is 11.8 Å². The molecule has 1 aromatic rings. The van der Waals surface area contributed by atoms with Gasteiger partial charge in [-0.25, -0.2) is 0 Å². The lowest BCUT2D eigenvalue weighted by Gasteiger charge is -2.32. The zero-order valence-corrected chi connectivity index (χ0v) is 13.1. The second kappa shape index (κ2) is 6.06. The van der Waals surface area contributed by atoms with Gasteiger partial charge in [0.05, 0.1) is 11.3 Å². The Hall–Kier alpha value is -0.550. The average molecular weight is 295 g/mol. The zero-order chi connectivity index (χ0) is 14.0. The largest absolute Gasteiger partial charge is 0.337 e. The highest BCUT2D eigenvalue weighted by Crippen LogP contribution is 2.37. The monoisotopic (exact) mass is 295 g/mol. The number of hydrogen-bond acceptors (Lipinski definition) is 5. The van der Waals surface area contributed by atoms with E-state index in [1.807, 2.05) is 11.8 Å². The van der Waals surface area contributed by atoms with E-state index in [4.69, 9.17) is 10.3 Å². The summed E-state index contributed by atoms with van der Waals surface area (Å²) in [5.74, 6) is 3.11. The Balaban J connectivity index is 1.58. The van der Waals surface area contributed by atoms with E-state index in [-0.39, 0.29) is 5.54 Å². The lowest BCUT2D eigenvalue weighted by atomic mass is 9.78. The fourth-order valence-corrected chi connectivity index (χ4v) is 4.42. The van der Waals surface area contributed by atoms with Crippen molar-refractivity contribution in [3.8, 4) is 0 Å². The van der Waals surface area contributed by atoms with E-state index in [0.29, 0.717) is 5.89 Å². The molecule has 0 aromatic carbocycles. The number of nitrogens with zero attached hydrogens (tertiary/aromatic N) is 2. The molecule has 2 saturated carbocycles. The number of hydrogen-bond donors (Lipinski definition) is 1. The van der Waals surface area contributed by atoms with Crippen molar-refractivity contribution in [1.82, 2.24) is 10.1 Å². The third kappa shape index (κ3) is 3.19. The minimum Gasteiger partial charge on any atom is -0.337 e. The average Bonchev–Trinajstić information content (AvgIpc) is 3.10. The van der Waals surface area contributed by atoms with E-state index < -0.39 is 0 Å². The van der Waals surface area contributed by atoms with Crippen LogP contribution in [0.1, 0.15) is 70.0 Å². The molecule has 0 unspecified atom stereocenters. The smallest absolute Gasteiger partial charge is 0.246 e. The summed E-state index contributed by atoms with van der Waals surface area (Å²) in [6, 6.07) is 0. The molecular weight excluding hydrogens is 270 g/mol. The fourth-order valence-electron chi connectivity index (χ4n) is 3.25. The molecule has 2 aliphatic rings. The van der Waals surface area contributed by atoms with E-state index in [0.717, 1.165) is 48.4 Å². The third-order valence-electron chi connectivity index (χ3n) is 4.81. The second-order valence-electron chi connectivity index (χ2n) is 6.57. The lowest BCUT2D eigenvalue weighted by molar-refractivity contribution is 0.190. The lowest BCUT2D eigenvalue weighted by Crippen LogP contribution is -2.40. The number of aromatic nitrogens is 2. The van der Waals surface area contributed by atoms with E-state index in [9.17, 15) is 0 Å². The standard InChI is InChI=1S/C15H25N3OS/c1-11-6-8-15(16,9-7-11)14-17-13(18-19-14)10-20-12-4-2-3-5-12/h11-12H,2-10,16H2,1H3. The molecule has 3 rings (SSSR count). The molecule has 0 spiro atoms. The Labute approximate surface area is 125 Å². The predicted molar refractivity (Wildman–Crippen MR) is 81.3 cm³/mol. The van der Waals surface area contributed by atoms with Crippen LogP contribution in [0, 0.1) is 5.92 Å². The van der Waals surface area contributed by atoms with Crippen molar-refractivity contribution in [3.05, 3.63) is 11.7 Å². The summed E-state index contributed by atoms with van der Waals surface area (Å²) in [6.07, 6.45) is 9.67. The maximum absolute atomic E-state index is 6.47. The summed E-state index contributed by atoms with van der Waals surface area (Å²) in [7, 11) is 0. The van der Waals surface area contributed by atoms with E-state index in [2.05, 4.69) is 17.1 Å². The van der Waals surface area contributed by atoms with Crippen LogP contribution in [0.5, 0.6) is 0 Å². The van der Waals surface area contributed by atoms with E-state index in [1.54, 1.807) is 0 Å². The third-order valence-corrected chi connectivity index (χ3v) is 6.18. The van der Waals surface area contributed by atoms with Crippen LogP contribution in [0.25, 0.3) is 0 Å². The number of nitrogens with two attached hydrogens (primary N) is 1. The summed E-state index contributed by atoms with van der Waals surface area (Å²) in [5.41, 5.74) is 6.09. The minimum atomic E-state index is -0.379. The summed E-state index contributed by atoms with van der Waals surface area (Å²) < 4.78 is 5.46. The van der Waals surface area contributed by atoms with Crippen LogP contribution >= 0.6 is 11.8 Å². The Morgan fingerprint density at radius 2 is 1.95 bits per heavy atom. The quantitative estimate of drug-likeness (QED) is 0.919. The van der Waals surface area contributed by atoms with Gasteiger partial charge in [-0.15, -0.1) is 0 Å². The van der Waals surface area contributed by atoms with Crippen LogP contribution in [0.4, 0.5) is 0 Å². The first-order valence-corrected chi connectivity index (χ1v) is 8.94. The van der Waals surface area contributed by atoms with Crippen molar-refractivity contribution < 1.29 is 4.52 Å². The van der Waals surface area contributed by atoms with Crippen LogP contribution in [-0.4, -0.2) is 15.4 Å². The second-order valence-corrected chi connectivity index (χ2v) is 7.86. The molecule has 0 atom stereocenters. The Morgan fingerprint density at radius 1 is 1.25 bits per heavy atom. The first-order valence-electron chi connectivity index (χ1n) is 7.89. The molecule has 0 amide bonds. The van der Waals surface area contributed by atoms with Crippen molar-refractivity contribution in [2.45, 2.75) is 74.8 Å². The molecule has 1 aromatic heterocycles. The normalized spacial score (nSPS) is 31.8. The van der Waals surface area contributed by atoms with Crippen molar-refractivity contribution in [2.24, 2.45) is 11.7 Å². The topological polar surface area (TPSA) is 64.9 Å². The summed E-state index contributed by atoms with van der Waals surface area (Å²) in [6.45, 7) is 2.29. The van der Waals surface area contributed by atoms with E-state index >= 15 is 0 Å². The van der Waals surface area contributed by atoms with Crippen LogP contribution in [0.15, 0.2) is 4.52 Å². The van der Waals surface area contributed by atoms with Gasteiger partial charge in [0.2, 0.25) is 5.89 Å². The van der Waals surface area contributed by atoms with Crippen LogP contribution in [-0.2, 0) is 11.3 Å². The van der Waals surface area contributed by atoms with Gasteiger partial charge in [-0.3, -0.25) is 0 Å².